The lowest BCUT2D eigenvalue weighted by molar-refractivity contribution is -0.116. The summed E-state index contributed by atoms with van der Waals surface area (Å²) in [6.07, 6.45) is 5.17. The highest BCUT2D eigenvalue weighted by molar-refractivity contribution is 5.99. The van der Waals surface area contributed by atoms with Crippen LogP contribution in [0.25, 0.3) is 5.69 Å². The minimum Gasteiger partial charge on any atom is -0.327 e. The number of fused-ring (bicyclic) bond motifs is 1. The van der Waals surface area contributed by atoms with Gasteiger partial charge in [0.05, 0.1) is 12.2 Å². The summed E-state index contributed by atoms with van der Waals surface area (Å²) in [5.41, 5.74) is 2.52. The van der Waals surface area contributed by atoms with Gasteiger partial charge in [-0.05, 0) is 60.5 Å². The second-order valence-electron chi connectivity index (χ2n) is 8.36. The van der Waals surface area contributed by atoms with Gasteiger partial charge in [0.2, 0.25) is 5.91 Å². The zero-order chi connectivity index (χ0) is 24.4. The van der Waals surface area contributed by atoms with Crippen LogP contribution in [0.4, 0.5) is 14.6 Å². The van der Waals surface area contributed by atoms with E-state index in [1.165, 1.54) is 24.3 Å². The maximum Gasteiger partial charge on any atom is 0.255 e. The molecule has 0 saturated heterocycles. The number of benzene rings is 2. The molecule has 0 spiro atoms. The molecule has 0 radical (unpaired) electrons. The van der Waals surface area contributed by atoms with Gasteiger partial charge in [0.1, 0.15) is 17.5 Å². The van der Waals surface area contributed by atoms with Crippen molar-refractivity contribution in [2.75, 3.05) is 5.32 Å². The third kappa shape index (κ3) is 4.68. The minimum atomic E-state index is -0.588. The Bertz CT molecular complexity index is 1350. The van der Waals surface area contributed by atoms with Crippen LogP contribution >= 0.6 is 0 Å². The highest BCUT2D eigenvalue weighted by Crippen LogP contribution is 2.39. The second-order valence-corrected chi connectivity index (χ2v) is 8.36. The zero-order valence-corrected chi connectivity index (χ0v) is 18.7. The number of hydrogen-bond donors (Lipinski definition) is 1. The van der Waals surface area contributed by atoms with Crippen LogP contribution < -0.4 is 5.32 Å². The Morgan fingerprint density at radius 2 is 1.74 bits per heavy atom. The smallest absolute Gasteiger partial charge is 0.255 e. The van der Waals surface area contributed by atoms with Crippen molar-refractivity contribution >= 4 is 17.6 Å². The van der Waals surface area contributed by atoms with Crippen molar-refractivity contribution < 1.29 is 18.4 Å². The average molecular weight is 472 g/mol. The highest BCUT2D eigenvalue weighted by Gasteiger charge is 2.38. The predicted molar refractivity (Wildman–Crippen MR) is 127 cm³/mol. The summed E-state index contributed by atoms with van der Waals surface area (Å²) in [7, 11) is 0. The summed E-state index contributed by atoms with van der Waals surface area (Å²) < 4.78 is 29.9. The Kier molecular flexibility index (Phi) is 6.10. The fourth-order valence-electron chi connectivity index (χ4n) is 4.40. The van der Waals surface area contributed by atoms with E-state index in [0.717, 1.165) is 17.4 Å². The number of anilines is 1. The Hall–Kier alpha value is -4.33. The van der Waals surface area contributed by atoms with E-state index in [0.29, 0.717) is 11.1 Å². The van der Waals surface area contributed by atoms with E-state index in [4.69, 9.17) is 0 Å². The number of nitrogens with zero attached hydrogens (tertiary/aromatic N) is 3. The van der Waals surface area contributed by atoms with Crippen molar-refractivity contribution in [2.45, 2.75) is 25.4 Å². The number of amides is 2. The van der Waals surface area contributed by atoms with Crippen LogP contribution in [0.2, 0.25) is 0 Å². The van der Waals surface area contributed by atoms with Crippen LogP contribution in [0.15, 0.2) is 85.3 Å². The van der Waals surface area contributed by atoms with Crippen molar-refractivity contribution in [3.63, 3.8) is 0 Å². The molecule has 2 aromatic heterocycles. The molecule has 1 unspecified atom stereocenters. The minimum absolute atomic E-state index is 0.0356. The number of nitrogens with one attached hydrogen (secondary N) is 1. The molecule has 4 aromatic rings. The van der Waals surface area contributed by atoms with Crippen molar-refractivity contribution in [1.29, 1.82) is 0 Å². The molecule has 8 heteroatoms. The Balaban J connectivity index is 1.34. The Labute approximate surface area is 200 Å². The van der Waals surface area contributed by atoms with Gasteiger partial charge in [-0.15, -0.1) is 0 Å². The molecule has 176 valence electrons. The maximum atomic E-state index is 14.8. The molecule has 1 aliphatic heterocycles. The highest BCUT2D eigenvalue weighted by atomic mass is 19.1. The van der Waals surface area contributed by atoms with Crippen LogP contribution in [-0.2, 0) is 11.3 Å². The molecule has 0 aliphatic carbocycles. The number of hydrogen-bond acceptors (Lipinski definition) is 3. The number of rotatable bonds is 7. The van der Waals surface area contributed by atoms with Gasteiger partial charge in [0.15, 0.2) is 0 Å². The maximum absolute atomic E-state index is 14.8. The summed E-state index contributed by atoms with van der Waals surface area (Å²) >= 11 is 0. The van der Waals surface area contributed by atoms with Gasteiger partial charge in [-0.1, -0.05) is 18.2 Å². The summed E-state index contributed by atoms with van der Waals surface area (Å²) in [5.74, 6) is -1.36. The Morgan fingerprint density at radius 3 is 2.46 bits per heavy atom. The van der Waals surface area contributed by atoms with Gasteiger partial charge in [0, 0.05) is 42.2 Å². The van der Waals surface area contributed by atoms with Crippen LogP contribution in [0.3, 0.4) is 0 Å². The van der Waals surface area contributed by atoms with Gasteiger partial charge in [-0.2, -0.15) is 0 Å². The topological polar surface area (TPSA) is 67.2 Å². The summed E-state index contributed by atoms with van der Waals surface area (Å²) in [6, 6.07) is 18.1. The number of pyridine rings is 1. The van der Waals surface area contributed by atoms with Crippen LogP contribution in [0.5, 0.6) is 0 Å². The van der Waals surface area contributed by atoms with E-state index in [9.17, 15) is 18.4 Å². The Morgan fingerprint density at radius 1 is 0.971 bits per heavy atom. The van der Waals surface area contributed by atoms with E-state index < -0.39 is 17.7 Å². The number of carbonyl (C=O) groups is 2. The van der Waals surface area contributed by atoms with E-state index in [-0.39, 0.29) is 37.0 Å². The first-order chi connectivity index (χ1) is 17.0. The quantitative estimate of drug-likeness (QED) is 0.399. The molecule has 0 saturated carbocycles. The first kappa shape index (κ1) is 22.5. The normalized spacial score (nSPS) is 14.7. The van der Waals surface area contributed by atoms with Crippen molar-refractivity contribution in [3.8, 4) is 5.69 Å². The molecule has 2 aromatic carbocycles. The first-order valence-corrected chi connectivity index (χ1v) is 11.2. The van der Waals surface area contributed by atoms with Gasteiger partial charge in [-0.3, -0.25) is 9.59 Å². The van der Waals surface area contributed by atoms with E-state index in [1.807, 2.05) is 53.4 Å². The summed E-state index contributed by atoms with van der Waals surface area (Å²) in [6.45, 7) is 0.282. The number of aromatic nitrogens is 2. The molecule has 35 heavy (non-hydrogen) atoms. The fraction of sp³-hybridized carbons (Fsp3) is 0.148. The van der Waals surface area contributed by atoms with E-state index in [2.05, 4.69) is 10.3 Å². The van der Waals surface area contributed by atoms with Crippen molar-refractivity contribution in [2.24, 2.45) is 0 Å². The molecule has 3 heterocycles. The SMILES string of the molecule is O=C(CCC1c2c(F)cccc2C(=O)N1Cc1ccc(-n2cccc2)cc1)Nc1ccc(F)cn1. The van der Waals surface area contributed by atoms with E-state index >= 15 is 0 Å². The summed E-state index contributed by atoms with van der Waals surface area (Å²) in [4.78, 5) is 31.1. The second kappa shape index (κ2) is 9.50. The lowest BCUT2D eigenvalue weighted by Gasteiger charge is -2.26. The molecular formula is C27H22F2N4O2. The fourth-order valence-corrected chi connectivity index (χ4v) is 4.40. The predicted octanol–water partition coefficient (Wildman–Crippen LogP) is 5.27. The molecule has 1 N–H and O–H groups in total. The molecule has 6 nitrogen and oxygen atoms in total. The van der Waals surface area contributed by atoms with Crippen LogP contribution in [0, 0.1) is 11.6 Å². The van der Waals surface area contributed by atoms with Gasteiger partial charge in [-0.25, -0.2) is 13.8 Å². The molecule has 5 rings (SSSR count). The number of carbonyl (C=O) groups excluding carboxylic acids is 2. The van der Waals surface area contributed by atoms with Gasteiger partial charge in [0.25, 0.3) is 5.91 Å². The average Bonchev–Trinajstić information content (AvgIpc) is 3.48. The number of halogens is 2. The lowest BCUT2D eigenvalue weighted by Crippen LogP contribution is -2.28. The molecule has 1 atom stereocenters. The molecule has 1 aliphatic rings. The third-order valence-corrected chi connectivity index (χ3v) is 6.09. The van der Waals surface area contributed by atoms with Crippen molar-refractivity contribution in [3.05, 3.63) is 114 Å². The van der Waals surface area contributed by atoms with E-state index in [1.54, 1.807) is 11.0 Å². The van der Waals surface area contributed by atoms with Gasteiger partial charge >= 0.3 is 0 Å². The standard InChI is InChI=1S/C27H22F2N4O2/c28-19-8-12-24(30-16-19)31-25(34)13-11-23-26-21(4-3-5-22(26)29)27(35)33(23)17-18-6-9-20(10-7-18)32-14-1-2-15-32/h1-10,12,14-16,23H,11,13,17H2,(H,30,31,34). The zero-order valence-electron chi connectivity index (χ0n) is 18.7. The molecule has 2 amide bonds. The molecular weight excluding hydrogens is 450 g/mol. The lowest BCUT2D eigenvalue weighted by atomic mass is 9.99. The molecule has 0 fully saturated rings. The largest absolute Gasteiger partial charge is 0.327 e. The monoisotopic (exact) mass is 472 g/mol. The van der Waals surface area contributed by atoms with Crippen molar-refractivity contribution in [1.82, 2.24) is 14.5 Å². The van der Waals surface area contributed by atoms with Gasteiger partial charge < -0.3 is 14.8 Å². The van der Waals surface area contributed by atoms with Crippen LogP contribution in [0.1, 0.15) is 40.4 Å². The molecule has 0 bridgehead atoms. The summed E-state index contributed by atoms with van der Waals surface area (Å²) in [5, 5.41) is 2.61. The first-order valence-electron chi connectivity index (χ1n) is 11.2. The third-order valence-electron chi connectivity index (χ3n) is 6.09. The van der Waals surface area contributed by atoms with Crippen LogP contribution in [-0.4, -0.2) is 26.3 Å².